The Balaban J connectivity index is 2.07. The molecular weight excluding hydrogens is 417 g/mol. The highest BCUT2D eigenvalue weighted by atomic mass is 19.1. The van der Waals surface area contributed by atoms with Crippen LogP contribution in [-0.2, 0) is 14.4 Å². The minimum atomic E-state index is -1.13. The molecule has 0 bridgehead atoms. The van der Waals surface area contributed by atoms with E-state index in [1.165, 1.54) is 12.1 Å². The number of Topliss-reactive ketones (excluding diaryl/α,β-unsaturated/α-hetero) is 1. The van der Waals surface area contributed by atoms with Crippen molar-refractivity contribution in [2.45, 2.75) is 33.1 Å². The summed E-state index contributed by atoms with van der Waals surface area (Å²) in [5.74, 6) is 1.45. The molecule has 168 valence electrons. The average Bonchev–Trinajstić information content (AvgIpc) is 2.77. The van der Waals surface area contributed by atoms with Crippen molar-refractivity contribution in [2.75, 3.05) is 5.32 Å². The lowest BCUT2D eigenvalue weighted by molar-refractivity contribution is -0.139. The number of hydrazine groups is 1. The Morgan fingerprint density at radius 3 is 2.25 bits per heavy atom. The van der Waals surface area contributed by atoms with Crippen LogP contribution in [0.15, 0.2) is 47.6 Å². The molecule has 2 aromatic carbocycles. The molecule has 32 heavy (non-hydrogen) atoms. The predicted molar refractivity (Wildman–Crippen MR) is 117 cm³/mol. The van der Waals surface area contributed by atoms with Gasteiger partial charge in [0.15, 0.2) is 5.78 Å². The fraction of sp³-hybridized carbons (Fsp3) is 0.227. The van der Waals surface area contributed by atoms with Crippen molar-refractivity contribution in [3.8, 4) is 0 Å². The zero-order valence-corrected chi connectivity index (χ0v) is 17.7. The van der Waals surface area contributed by atoms with Gasteiger partial charge in [-0.25, -0.2) is 15.7 Å². The number of halogens is 1. The molecule has 0 saturated heterocycles. The molecular formula is C22H24FN5O4. The number of aryl methyl sites for hydroxylation is 2. The smallest absolute Gasteiger partial charge is 0.326 e. The zero-order valence-electron chi connectivity index (χ0n) is 17.7. The lowest BCUT2D eigenvalue weighted by Gasteiger charge is -2.09. The third-order valence-corrected chi connectivity index (χ3v) is 4.62. The minimum Gasteiger partial charge on any atom is -0.326 e. The van der Waals surface area contributed by atoms with Crippen LogP contribution in [0.1, 0.15) is 40.7 Å². The van der Waals surface area contributed by atoms with E-state index in [0.29, 0.717) is 5.69 Å². The second kappa shape index (κ2) is 11.5. The van der Waals surface area contributed by atoms with Crippen LogP contribution >= 0.6 is 0 Å². The molecule has 0 atom stereocenters. The molecule has 5 N–H and O–H groups in total. The fourth-order valence-electron chi connectivity index (χ4n) is 2.65. The van der Waals surface area contributed by atoms with Gasteiger partial charge >= 0.3 is 11.8 Å². The molecule has 0 unspecified atom stereocenters. The van der Waals surface area contributed by atoms with Gasteiger partial charge in [-0.2, -0.15) is 5.10 Å². The Bertz CT molecular complexity index is 1050. The third kappa shape index (κ3) is 7.40. The molecule has 10 heteroatoms. The number of nitrogens with one attached hydrogen (secondary N) is 3. The van der Waals surface area contributed by atoms with Crippen LogP contribution in [0.25, 0.3) is 0 Å². The molecule has 2 aromatic rings. The number of hydrogen-bond donors (Lipinski definition) is 4. The molecule has 0 aromatic heterocycles. The monoisotopic (exact) mass is 441 g/mol. The number of anilines is 1. The molecule has 0 saturated carbocycles. The highest BCUT2D eigenvalue weighted by Crippen LogP contribution is 2.15. The standard InChI is InChI=1S/C22H24FN5O4/c1-13-3-8-17(11-14(13)2)25-20(30)10-9-18(27-28-22(32)21(31)26-24)12-19(29)15-4-6-16(23)7-5-15/h3-8,11H,9-10,12,24H2,1-2H3,(H,25,30)(H,26,31)(H,28,32)/b27-18+. The molecule has 9 nitrogen and oxygen atoms in total. The highest BCUT2D eigenvalue weighted by molar-refractivity contribution is 6.35. The second-order valence-corrected chi connectivity index (χ2v) is 7.05. The predicted octanol–water partition coefficient (Wildman–Crippen LogP) is 1.90. The normalized spacial score (nSPS) is 10.9. The molecule has 2 rings (SSSR count). The summed E-state index contributed by atoms with van der Waals surface area (Å²) in [5, 5.41) is 6.57. The van der Waals surface area contributed by atoms with Crippen molar-refractivity contribution in [1.82, 2.24) is 10.9 Å². The molecule has 0 radical (unpaired) electrons. The number of rotatable bonds is 8. The van der Waals surface area contributed by atoms with Gasteiger partial charge in [-0.3, -0.25) is 24.6 Å². The van der Waals surface area contributed by atoms with Crippen LogP contribution < -0.4 is 22.0 Å². The summed E-state index contributed by atoms with van der Waals surface area (Å²) in [6, 6.07) is 10.4. The van der Waals surface area contributed by atoms with Crippen molar-refractivity contribution in [2.24, 2.45) is 10.9 Å². The van der Waals surface area contributed by atoms with Gasteiger partial charge in [-0.15, -0.1) is 0 Å². The van der Waals surface area contributed by atoms with E-state index in [2.05, 4.69) is 10.4 Å². The lowest BCUT2D eigenvalue weighted by Crippen LogP contribution is -2.41. The van der Waals surface area contributed by atoms with E-state index in [4.69, 9.17) is 5.84 Å². The Morgan fingerprint density at radius 2 is 1.62 bits per heavy atom. The molecule has 0 spiro atoms. The van der Waals surface area contributed by atoms with Gasteiger partial charge in [-0.05, 0) is 67.8 Å². The van der Waals surface area contributed by atoms with Gasteiger partial charge in [0.2, 0.25) is 5.91 Å². The third-order valence-electron chi connectivity index (χ3n) is 4.62. The first-order chi connectivity index (χ1) is 15.2. The Labute approximate surface area is 184 Å². The van der Waals surface area contributed by atoms with E-state index in [1.54, 1.807) is 11.5 Å². The van der Waals surface area contributed by atoms with Gasteiger partial charge < -0.3 is 5.32 Å². The summed E-state index contributed by atoms with van der Waals surface area (Å²) in [6.07, 6.45) is -0.234. The molecule has 0 aliphatic heterocycles. The van der Waals surface area contributed by atoms with E-state index >= 15 is 0 Å². The number of hydrogen-bond acceptors (Lipinski definition) is 6. The van der Waals surface area contributed by atoms with Crippen LogP contribution in [0, 0.1) is 19.7 Å². The number of ketones is 1. The van der Waals surface area contributed by atoms with Gasteiger partial charge in [0, 0.05) is 23.4 Å². The molecule has 0 aliphatic rings. The van der Waals surface area contributed by atoms with Crippen LogP contribution in [0.2, 0.25) is 0 Å². The second-order valence-electron chi connectivity index (χ2n) is 7.05. The van der Waals surface area contributed by atoms with E-state index in [0.717, 1.165) is 23.3 Å². The Kier molecular flexibility index (Phi) is 8.72. The summed E-state index contributed by atoms with van der Waals surface area (Å²) in [5.41, 5.74) is 6.81. The van der Waals surface area contributed by atoms with Crippen LogP contribution in [0.5, 0.6) is 0 Å². The molecule has 0 heterocycles. The maximum atomic E-state index is 13.1. The van der Waals surface area contributed by atoms with Gasteiger partial charge in [0.1, 0.15) is 5.82 Å². The zero-order chi connectivity index (χ0) is 23.7. The number of nitrogens with two attached hydrogens (primary N) is 1. The van der Waals surface area contributed by atoms with E-state index in [1.807, 2.05) is 31.4 Å². The highest BCUT2D eigenvalue weighted by Gasteiger charge is 2.15. The van der Waals surface area contributed by atoms with Crippen molar-refractivity contribution in [1.29, 1.82) is 0 Å². The summed E-state index contributed by atoms with van der Waals surface area (Å²) in [4.78, 5) is 47.7. The topological polar surface area (TPSA) is 143 Å². The lowest BCUT2D eigenvalue weighted by atomic mass is 10.0. The van der Waals surface area contributed by atoms with Gasteiger partial charge in [0.25, 0.3) is 0 Å². The van der Waals surface area contributed by atoms with Crippen molar-refractivity contribution in [3.05, 3.63) is 65.0 Å². The van der Waals surface area contributed by atoms with Gasteiger partial charge in [-0.1, -0.05) is 6.07 Å². The average molecular weight is 441 g/mol. The maximum Gasteiger partial charge on any atom is 0.330 e. The fourth-order valence-corrected chi connectivity index (χ4v) is 2.65. The number of amides is 3. The van der Waals surface area contributed by atoms with E-state index in [9.17, 15) is 23.6 Å². The van der Waals surface area contributed by atoms with Crippen LogP contribution in [-0.4, -0.2) is 29.2 Å². The van der Waals surface area contributed by atoms with E-state index < -0.39 is 23.4 Å². The quantitative estimate of drug-likeness (QED) is 0.124. The maximum absolute atomic E-state index is 13.1. The first-order valence-corrected chi connectivity index (χ1v) is 9.71. The van der Waals surface area contributed by atoms with Crippen LogP contribution in [0.3, 0.4) is 0 Å². The summed E-state index contributed by atoms with van der Waals surface area (Å²) in [6.45, 7) is 3.89. The number of benzene rings is 2. The SMILES string of the molecule is Cc1ccc(NC(=O)CC/C(CC(=O)c2ccc(F)cc2)=N\NC(=O)C(=O)NN)cc1C. The first kappa shape index (κ1) is 24.4. The van der Waals surface area contributed by atoms with Gasteiger partial charge in [0.05, 0.1) is 6.42 Å². The Hall–Kier alpha value is -3.92. The number of hydrazone groups is 1. The summed E-state index contributed by atoms with van der Waals surface area (Å²) < 4.78 is 13.1. The summed E-state index contributed by atoms with van der Waals surface area (Å²) in [7, 11) is 0. The number of nitrogens with zero attached hydrogens (tertiary/aromatic N) is 1. The molecule has 3 amide bonds. The summed E-state index contributed by atoms with van der Waals surface area (Å²) >= 11 is 0. The number of carbonyl (C=O) groups excluding carboxylic acids is 4. The van der Waals surface area contributed by atoms with Crippen molar-refractivity contribution in [3.63, 3.8) is 0 Å². The molecule has 0 aliphatic carbocycles. The molecule has 0 fully saturated rings. The van der Waals surface area contributed by atoms with Crippen molar-refractivity contribution >= 4 is 34.9 Å². The van der Waals surface area contributed by atoms with Crippen LogP contribution in [0.4, 0.5) is 10.1 Å². The Morgan fingerprint density at radius 1 is 0.938 bits per heavy atom. The number of carbonyl (C=O) groups is 4. The largest absolute Gasteiger partial charge is 0.330 e. The van der Waals surface area contributed by atoms with E-state index in [-0.39, 0.29) is 36.4 Å². The first-order valence-electron chi connectivity index (χ1n) is 9.71. The minimum absolute atomic E-state index is 0.0264. The van der Waals surface area contributed by atoms with Crippen molar-refractivity contribution < 1.29 is 23.6 Å².